The van der Waals surface area contributed by atoms with Gasteiger partial charge in [0.2, 0.25) is 0 Å². The molecule has 2 aromatic carbocycles. The normalized spacial score (nSPS) is 18.9. The lowest BCUT2D eigenvalue weighted by atomic mass is 9.73. The fourth-order valence-corrected chi connectivity index (χ4v) is 7.47. The second kappa shape index (κ2) is 13.0. The van der Waals surface area contributed by atoms with Gasteiger partial charge in [-0.05, 0) is 82.2 Å². The summed E-state index contributed by atoms with van der Waals surface area (Å²) in [5.74, 6) is -0.0827. The van der Waals surface area contributed by atoms with E-state index in [1.807, 2.05) is 58.1 Å². The Morgan fingerprint density at radius 3 is 2.36 bits per heavy atom. The number of hydrogen-bond acceptors (Lipinski definition) is 6. The van der Waals surface area contributed by atoms with Crippen molar-refractivity contribution in [2.24, 2.45) is 5.41 Å². The summed E-state index contributed by atoms with van der Waals surface area (Å²) in [7, 11) is 5.65. The molecular formula is C36H48N8O3. The maximum Gasteiger partial charge on any atom is 0.321 e. The zero-order valence-electron chi connectivity index (χ0n) is 28.5. The first-order valence-electron chi connectivity index (χ1n) is 16.7. The SMILES string of the molecule is CC(C)n1nc(C(=O)NCc2ccc(NC(=O)N3CC4(CCCN(C)C4)C3)cc2)c2c1[C@@H](C)CN(c1ccc(C(=O)N(C)C)cc1)C2. The van der Waals surface area contributed by atoms with Gasteiger partial charge in [-0.15, -0.1) is 0 Å². The number of piperidine rings is 1. The molecule has 3 aliphatic heterocycles. The van der Waals surface area contributed by atoms with Crippen LogP contribution in [0, 0.1) is 5.41 Å². The quantitative estimate of drug-likeness (QED) is 0.385. The number of anilines is 2. The fourth-order valence-electron chi connectivity index (χ4n) is 7.47. The Balaban J connectivity index is 1.09. The molecule has 2 saturated heterocycles. The topological polar surface area (TPSA) is 106 Å². The summed E-state index contributed by atoms with van der Waals surface area (Å²) in [6, 6.07) is 15.4. The summed E-state index contributed by atoms with van der Waals surface area (Å²) in [5.41, 5.74) is 6.07. The van der Waals surface area contributed by atoms with Crippen LogP contribution in [0.5, 0.6) is 0 Å². The molecule has 4 amide bonds. The Morgan fingerprint density at radius 1 is 1.02 bits per heavy atom. The molecule has 3 aliphatic rings. The Hall–Kier alpha value is -4.38. The molecule has 11 heteroatoms. The second-order valence-electron chi connectivity index (χ2n) is 14.3. The van der Waals surface area contributed by atoms with E-state index in [9.17, 15) is 14.4 Å². The lowest BCUT2D eigenvalue weighted by Crippen LogP contribution is -2.64. The highest BCUT2D eigenvalue weighted by atomic mass is 16.2. The van der Waals surface area contributed by atoms with Crippen LogP contribution in [-0.2, 0) is 13.1 Å². The number of rotatable bonds is 7. The maximum absolute atomic E-state index is 13.6. The maximum atomic E-state index is 13.6. The summed E-state index contributed by atoms with van der Waals surface area (Å²) in [5, 5.41) is 10.9. The van der Waals surface area contributed by atoms with Crippen molar-refractivity contribution in [2.75, 3.05) is 64.1 Å². The van der Waals surface area contributed by atoms with Gasteiger partial charge in [0, 0.05) is 98.9 Å². The predicted molar refractivity (Wildman–Crippen MR) is 184 cm³/mol. The van der Waals surface area contributed by atoms with E-state index in [1.165, 1.54) is 12.8 Å². The van der Waals surface area contributed by atoms with Crippen LogP contribution in [0.25, 0.3) is 0 Å². The number of amides is 4. The van der Waals surface area contributed by atoms with E-state index in [0.717, 1.165) is 60.9 Å². The van der Waals surface area contributed by atoms with E-state index in [1.54, 1.807) is 19.0 Å². The van der Waals surface area contributed by atoms with Gasteiger partial charge >= 0.3 is 6.03 Å². The van der Waals surface area contributed by atoms with E-state index in [2.05, 4.69) is 48.3 Å². The van der Waals surface area contributed by atoms with Gasteiger partial charge in [0.1, 0.15) is 0 Å². The van der Waals surface area contributed by atoms with Crippen LogP contribution in [0.1, 0.15) is 83.2 Å². The minimum atomic E-state index is -0.209. The summed E-state index contributed by atoms with van der Waals surface area (Å²) in [6.45, 7) is 11.8. The first-order valence-corrected chi connectivity index (χ1v) is 16.7. The van der Waals surface area contributed by atoms with Gasteiger partial charge in [-0.25, -0.2) is 4.79 Å². The van der Waals surface area contributed by atoms with Gasteiger partial charge in [0.25, 0.3) is 11.8 Å². The van der Waals surface area contributed by atoms with E-state index in [4.69, 9.17) is 5.10 Å². The third kappa shape index (κ3) is 6.72. The Labute approximate surface area is 277 Å². The van der Waals surface area contributed by atoms with Crippen molar-refractivity contribution in [3.8, 4) is 0 Å². The third-order valence-corrected chi connectivity index (χ3v) is 9.80. The molecule has 1 spiro atoms. The van der Waals surface area contributed by atoms with E-state index in [0.29, 0.717) is 24.3 Å². The molecule has 6 rings (SSSR count). The average Bonchev–Trinajstić information content (AvgIpc) is 3.43. The minimum absolute atomic E-state index is 0.0326. The third-order valence-electron chi connectivity index (χ3n) is 9.80. The van der Waals surface area contributed by atoms with Crippen molar-refractivity contribution in [3.63, 3.8) is 0 Å². The largest absolute Gasteiger partial charge is 0.366 e. The van der Waals surface area contributed by atoms with Gasteiger partial charge < -0.3 is 30.2 Å². The van der Waals surface area contributed by atoms with Crippen LogP contribution < -0.4 is 15.5 Å². The Morgan fingerprint density at radius 2 is 1.72 bits per heavy atom. The molecule has 250 valence electrons. The number of fused-ring (bicyclic) bond motifs is 1. The Bertz CT molecular complexity index is 1620. The van der Waals surface area contributed by atoms with Crippen molar-refractivity contribution in [2.45, 2.75) is 58.7 Å². The van der Waals surface area contributed by atoms with Crippen LogP contribution in [0.2, 0.25) is 0 Å². The highest BCUT2D eigenvalue weighted by Crippen LogP contribution is 2.39. The zero-order chi connectivity index (χ0) is 33.5. The summed E-state index contributed by atoms with van der Waals surface area (Å²) in [4.78, 5) is 46.9. The number of nitrogens with zero attached hydrogens (tertiary/aromatic N) is 6. The molecule has 0 unspecified atom stereocenters. The van der Waals surface area contributed by atoms with Crippen LogP contribution >= 0.6 is 0 Å². The number of nitrogens with one attached hydrogen (secondary N) is 2. The molecule has 3 aromatic rings. The number of aromatic nitrogens is 2. The Kier molecular flexibility index (Phi) is 9.02. The van der Waals surface area contributed by atoms with Crippen LogP contribution in [-0.4, -0.2) is 96.2 Å². The summed E-state index contributed by atoms with van der Waals surface area (Å²) < 4.78 is 2.00. The molecule has 47 heavy (non-hydrogen) atoms. The molecule has 0 radical (unpaired) electrons. The molecule has 1 aromatic heterocycles. The van der Waals surface area contributed by atoms with E-state index >= 15 is 0 Å². The monoisotopic (exact) mass is 640 g/mol. The molecule has 4 heterocycles. The first kappa shape index (κ1) is 32.6. The molecule has 1 atom stereocenters. The van der Waals surface area contributed by atoms with E-state index in [-0.39, 0.29) is 35.2 Å². The molecule has 0 aliphatic carbocycles. The van der Waals surface area contributed by atoms with Gasteiger partial charge in [-0.3, -0.25) is 14.3 Å². The molecule has 2 fully saturated rings. The van der Waals surface area contributed by atoms with Crippen molar-refractivity contribution in [1.29, 1.82) is 0 Å². The van der Waals surface area contributed by atoms with Gasteiger partial charge in [-0.1, -0.05) is 19.1 Å². The molecule has 11 nitrogen and oxygen atoms in total. The highest BCUT2D eigenvalue weighted by molar-refractivity contribution is 5.95. The molecule has 2 N–H and O–H groups in total. The second-order valence-corrected chi connectivity index (χ2v) is 14.3. The summed E-state index contributed by atoms with van der Waals surface area (Å²) >= 11 is 0. The van der Waals surface area contributed by atoms with Crippen LogP contribution in [0.3, 0.4) is 0 Å². The van der Waals surface area contributed by atoms with Crippen molar-refractivity contribution >= 4 is 29.2 Å². The van der Waals surface area contributed by atoms with Gasteiger partial charge in [-0.2, -0.15) is 5.10 Å². The number of hydrogen-bond donors (Lipinski definition) is 2. The number of carbonyl (C=O) groups is 3. The van der Waals surface area contributed by atoms with Crippen molar-refractivity contribution < 1.29 is 14.4 Å². The van der Waals surface area contributed by atoms with Crippen molar-refractivity contribution in [3.05, 3.63) is 76.6 Å². The van der Waals surface area contributed by atoms with Crippen LogP contribution in [0.15, 0.2) is 48.5 Å². The lowest BCUT2D eigenvalue weighted by molar-refractivity contribution is -0.0199. The fraction of sp³-hybridized carbons (Fsp3) is 0.500. The number of carbonyl (C=O) groups excluding carboxylic acids is 3. The number of likely N-dealkylation sites (tertiary alicyclic amines) is 2. The van der Waals surface area contributed by atoms with E-state index < -0.39 is 0 Å². The highest BCUT2D eigenvalue weighted by Gasteiger charge is 2.46. The molecule has 0 bridgehead atoms. The predicted octanol–water partition coefficient (Wildman–Crippen LogP) is 4.78. The van der Waals surface area contributed by atoms with Crippen molar-refractivity contribution in [1.82, 2.24) is 29.8 Å². The van der Waals surface area contributed by atoms with Crippen LogP contribution in [0.4, 0.5) is 16.2 Å². The van der Waals surface area contributed by atoms with Gasteiger partial charge in [0.15, 0.2) is 5.69 Å². The summed E-state index contributed by atoms with van der Waals surface area (Å²) in [6.07, 6.45) is 2.38. The number of urea groups is 1. The van der Waals surface area contributed by atoms with Gasteiger partial charge in [0.05, 0.1) is 0 Å². The number of benzene rings is 2. The average molecular weight is 641 g/mol. The smallest absolute Gasteiger partial charge is 0.321 e. The molecular weight excluding hydrogens is 592 g/mol. The zero-order valence-corrected chi connectivity index (χ0v) is 28.5. The minimum Gasteiger partial charge on any atom is -0.366 e. The standard InChI is InChI=1S/C36H48N8O3/c1-24(2)44-32-25(3)19-42(29-14-10-27(11-15-29)34(46)40(4)5)20-30(32)31(39-44)33(45)37-18-26-8-12-28(13-9-26)38-35(47)43-22-36(23-43)16-7-17-41(6)21-36/h8-15,24-25H,7,16-23H2,1-6H3,(H,37,45)(H,38,47)/t25-/m0/s1. The first-order chi connectivity index (χ1) is 22.4. The lowest BCUT2D eigenvalue weighted by Gasteiger charge is -2.53. The molecule has 0 saturated carbocycles.